The standard InChI is InChI=1S/C25H36N2O5/c1-18-8-10-20(11-9-18)16-27-25(29)7-5-6-12-32-21-13-23(30-3)22(24(14-21)31-4)17-26-15-19(2)28/h8-11,13-14,19,26,28H,5-7,12,15-17H2,1-4H3,(H,27,29). The zero-order valence-electron chi connectivity index (χ0n) is 19.6. The number of aryl methyl sites for hydroxylation is 1. The van der Waals surface area contributed by atoms with E-state index in [-0.39, 0.29) is 5.91 Å². The minimum absolute atomic E-state index is 0.0444. The molecule has 0 bridgehead atoms. The van der Waals surface area contributed by atoms with Gasteiger partial charge in [-0.25, -0.2) is 0 Å². The maximum atomic E-state index is 12.0. The van der Waals surface area contributed by atoms with Crippen LogP contribution in [0.4, 0.5) is 0 Å². The summed E-state index contributed by atoms with van der Waals surface area (Å²) in [5.74, 6) is 2.02. The molecule has 7 heteroatoms. The SMILES string of the molecule is COc1cc(OCCCCC(=O)NCc2ccc(C)cc2)cc(OC)c1CNCC(C)O. The Balaban J connectivity index is 1.75. The van der Waals surface area contributed by atoms with Crippen LogP contribution in [0.3, 0.4) is 0 Å². The summed E-state index contributed by atoms with van der Waals surface area (Å²) in [5.41, 5.74) is 3.17. The third kappa shape index (κ3) is 8.77. The zero-order chi connectivity index (χ0) is 23.3. The lowest BCUT2D eigenvalue weighted by Crippen LogP contribution is -2.24. The normalized spacial score (nSPS) is 11.7. The van der Waals surface area contributed by atoms with Gasteiger partial charge in [-0.1, -0.05) is 29.8 Å². The van der Waals surface area contributed by atoms with E-state index in [1.807, 2.05) is 43.3 Å². The fraction of sp³-hybridized carbons (Fsp3) is 0.480. The first-order chi connectivity index (χ1) is 15.4. The number of nitrogens with one attached hydrogen (secondary N) is 2. The molecule has 1 atom stereocenters. The van der Waals surface area contributed by atoms with Crippen molar-refractivity contribution >= 4 is 5.91 Å². The van der Waals surface area contributed by atoms with E-state index in [1.165, 1.54) is 5.56 Å². The first-order valence-electron chi connectivity index (χ1n) is 11.0. The maximum Gasteiger partial charge on any atom is 0.220 e. The lowest BCUT2D eigenvalue weighted by molar-refractivity contribution is -0.121. The number of benzene rings is 2. The van der Waals surface area contributed by atoms with Crippen LogP contribution in [0, 0.1) is 6.92 Å². The number of hydrogen-bond donors (Lipinski definition) is 3. The van der Waals surface area contributed by atoms with Crippen molar-refractivity contribution in [3.05, 3.63) is 53.1 Å². The second kappa shape index (κ2) is 13.6. The third-order valence-electron chi connectivity index (χ3n) is 5.00. The molecular formula is C25H36N2O5. The molecule has 2 aromatic rings. The van der Waals surface area contributed by atoms with Gasteiger partial charge in [0.1, 0.15) is 17.2 Å². The van der Waals surface area contributed by atoms with Crippen LogP contribution in [0.15, 0.2) is 36.4 Å². The van der Waals surface area contributed by atoms with Crippen LogP contribution >= 0.6 is 0 Å². The molecule has 0 heterocycles. The Hall–Kier alpha value is -2.77. The van der Waals surface area contributed by atoms with E-state index >= 15 is 0 Å². The van der Waals surface area contributed by atoms with Gasteiger partial charge in [0, 0.05) is 38.2 Å². The van der Waals surface area contributed by atoms with Crippen LogP contribution in [-0.4, -0.2) is 44.5 Å². The Kier molecular flexibility index (Phi) is 10.8. The van der Waals surface area contributed by atoms with Crippen molar-refractivity contribution < 1.29 is 24.1 Å². The minimum atomic E-state index is -0.431. The Bertz CT molecular complexity index is 812. The topological polar surface area (TPSA) is 89.1 Å². The van der Waals surface area contributed by atoms with Gasteiger partial charge in [0.2, 0.25) is 5.91 Å². The lowest BCUT2D eigenvalue weighted by atomic mass is 10.1. The van der Waals surface area contributed by atoms with Gasteiger partial charge in [-0.2, -0.15) is 0 Å². The van der Waals surface area contributed by atoms with Gasteiger partial charge in [0.05, 0.1) is 32.5 Å². The van der Waals surface area contributed by atoms with Crippen molar-refractivity contribution in [3.8, 4) is 17.2 Å². The predicted molar refractivity (Wildman–Crippen MR) is 125 cm³/mol. The fourth-order valence-corrected chi connectivity index (χ4v) is 3.20. The van der Waals surface area contributed by atoms with Gasteiger partial charge in [-0.3, -0.25) is 4.79 Å². The molecule has 7 nitrogen and oxygen atoms in total. The Morgan fingerprint density at radius 1 is 1.03 bits per heavy atom. The van der Waals surface area contributed by atoms with E-state index in [0.717, 1.165) is 24.0 Å². The Morgan fingerprint density at radius 2 is 1.69 bits per heavy atom. The summed E-state index contributed by atoms with van der Waals surface area (Å²) in [7, 11) is 3.21. The fourth-order valence-electron chi connectivity index (χ4n) is 3.20. The molecule has 0 saturated carbocycles. The number of aliphatic hydroxyl groups is 1. The highest BCUT2D eigenvalue weighted by atomic mass is 16.5. The number of aliphatic hydroxyl groups excluding tert-OH is 1. The summed E-state index contributed by atoms with van der Waals surface area (Å²) < 4.78 is 16.9. The molecule has 1 amide bonds. The molecule has 32 heavy (non-hydrogen) atoms. The number of carbonyl (C=O) groups is 1. The van der Waals surface area contributed by atoms with Gasteiger partial charge in [-0.15, -0.1) is 0 Å². The van der Waals surface area contributed by atoms with Gasteiger partial charge in [-0.05, 0) is 32.3 Å². The second-order valence-corrected chi connectivity index (χ2v) is 7.85. The number of hydrogen-bond acceptors (Lipinski definition) is 6. The van der Waals surface area contributed by atoms with E-state index in [9.17, 15) is 9.90 Å². The molecule has 0 aliphatic rings. The molecule has 1 unspecified atom stereocenters. The largest absolute Gasteiger partial charge is 0.496 e. The number of amides is 1. The number of methoxy groups -OCH3 is 2. The monoisotopic (exact) mass is 444 g/mol. The summed E-state index contributed by atoms with van der Waals surface area (Å²) in [5, 5.41) is 15.6. The molecule has 0 aliphatic carbocycles. The van der Waals surface area contributed by atoms with E-state index < -0.39 is 6.10 Å². The number of carbonyl (C=O) groups excluding carboxylic acids is 1. The molecule has 0 aliphatic heterocycles. The van der Waals surface area contributed by atoms with E-state index in [4.69, 9.17) is 14.2 Å². The Labute approximate surface area is 191 Å². The summed E-state index contributed by atoms with van der Waals surface area (Å²) >= 11 is 0. The molecule has 0 spiro atoms. The van der Waals surface area contributed by atoms with Gasteiger partial charge in [0.25, 0.3) is 0 Å². The molecule has 2 rings (SSSR count). The predicted octanol–water partition coefficient (Wildman–Crippen LogP) is 3.35. The van der Waals surface area contributed by atoms with Gasteiger partial charge >= 0.3 is 0 Å². The van der Waals surface area contributed by atoms with Crippen molar-refractivity contribution in [2.45, 2.75) is 52.3 Å². The zero-order valence-corrected chi connectivity index (χ0v) is 19.6. The molecule has 176 valence electrons. The minimum Gasteiger partial charge on any atom is -0.496 e. The van der Waals surface area contributed by atoms with Crippen molar-refractivity contribution in [2.24, 2.45) is 0 Å². The van der Waals surface area contributed by atoms with Crippen molar-refractivity contribution in [1.82, 2.24) is 10.6 Å². The summed E-state index contributed by atoms with van der Waals surface area (Å²) in [6.07, 6.45) is 1.55. The van der Waals surface area contributed by atoms with Crippen molar-refractivity contribution in [3.63, 3.8) is 0 Å². The number of unbranched alkanes of at least 4 members (excludes halogenated alkanes) is 1. The molecule has 0 aromatic heterocycles. The lowest BCUT2D eigenvalue weighted by Gasteiger charge is -2.17. The molecule has 0 saturated heterocycles. The smallest absolute Gasteiger partial charge is 0.220 e. The second-order valence-electron chi connectivity index (χ2n) is 7.85. The molecule has 0 fully saturated rings. The third-order valence-corrected chi connectivity index (χ3v) is 5.00. The maximum absolute atomic E-state index is 12.0. The van der Waals surface area contributed by atoms with Crippen molar-refractivity contribution in [2.75, 3.05) is 27.4 Å². The van der Waals surface area contributed by atoms with Crippen molar-refractivity contribution in [1.29, 1.82) is 0 Å². The Morgan fingerprint density at radius 3 is 2.28 bits per heavy atom. The summed E-state index contributed by atoms with van der Waals surface area (Å²) in [6.45, 7) is 5.80. The number of rotatable bonds is 14. The first kappa shape index (κ1) is 25.5. The van der Waals surface area contributed by atoms with Gasteiger partial charge < -0.3 is 30.0 Å². The van der Waals surface area contributed by atoms with E-state index in [0.29, 0.717) is 49.9 Å². The molecular weight excluding hydrogens is 408 g/mol. The molecule has 2 aromatic carbocycles. The average molecular weight is 445 g/mol. The van der Waals surface area contributed by atoms with Crippen LogP contribution in [0.2, 0.25) is 0 Å². The highest BCUT2D eigenvalue weighted by Crippen LogP contribution is 2.34. The summed E-state index contributed by atoms with van der Waals surface area (Å²) in [4.78, 5) is 12.0. The first-order valence-corrected chi connectivity index (χ1v) is 11.0. The highest BCUT2D eigenvalue weighted by Gasteiger charge is 2.13. The van der Waals surface area contributed by atoms with Crippen LogP contribution in [0.1, 0.15) is 42.9 Å². The molecule has 3 N–H and O–H groups in total. The van der Waals surface area contributed by atoms with E-state index in [1.54, 1.807) is 21.1 Å². The average Bonchev–Trinajstić information content (AvgIpc) is 2.78. The highest BCUT2D eigenvalue weighted by molar-refractivity contribution is 5.75. The van der Waals surface area contributed by atoms with Gasteiger partial charge in [0.15, 0.2) is 0 Å². The van der Waals surface area contributed by atoms with Crippen LogP contribution in [0.5, 0.6) is 17.2 Å². The van der Waals surface area contributed by atoms with E-state index in [2.05, 4.69) is 10.6 Å². The number of ether oxygens (including phenoxy) is 3. The molecule has 0 radical (unpaired) electrons. The quantitative estimate of drug-likeness (QED) is 0.387. The van der Waals surface area contributed by atoms with Crippen LogP contribution in [0.25, 0.3) is 0 Å². The summed E-state index contributed by atoms with van der Waals surface area (Å²) in [6, 6.07) is 11.8. The van der Waals surface area contributed by atoms with Crippen LogP contribution in [-0.2, 0) is 17.9 Å². The van der Waals surface area contributed by atoms with Crippen LogP contribution < -0.4 is 24.8 Å².